The lowest BCUT2D eigenvalue weighted by molar-refractivity contribution is -0.407. The minimum absolute atomic E-state index is 0.308. The van der Waals surface area contributed by atoms with Crippen molar-refractivity contribution in [1.29, 1.82) is 0 Å². The quantitative estimate of drug-likeness (QED) is 0.727. The number of ether oxygens (including phenoxy) is 1. The number of carbonyl (C=O) groups is 1. The van der Waals surface area contributed by atoms with E-state index in [9.17, 15) is 9.90 Å². The Hall–Kier alpha value is -1.55. The molecule has 88 valence electrons. The molecule has 4 N–H and O–H groups in total. The molecule has 0 aliphatic carbocycles. The predicted molar refractivity (Wildman–Crippen MR) is 60.0 cm³/mol. The Morgan fingerprint density at radius 1 is 1.44 bits per heavy atom. The number of quaternary nitrogens is 1. The fourth-order valence-electron chi connectivity index (χ4n) is 1.70. The van der Waals surface area contributed by atoms with Crippen molar-refractivity contribution in [2.24, 2.45) is 0 Å². The third kappa shape index (κ3) is 2.73. The highest BCUT2D eigenvalue weighted by atomic mass is 16.5. The average Bonchev–Trinajstić information content (AvgIpc) is 2.24. The van der Waals surface area contributed by atoms with Gasteiger partial charge in [0.2, 0.25) is 0 Å². The maximum absolute atomic E-state index is 11.2. The Bertz CT molecular complexity index is 378. The Balaban J connectivity index is 2.86. The summed E-state index contributed by atoms with van der Waals surface area (Å²) in [5, 5.41) is 9.61. The summed E-state index contributed by atoms with van der Waals surface area (Å²) in [6, 6.07) is 3.32. The molecule has 0 radical (unpaired) electrons. The van der Waals surface area contributed by atoms with Crippen LogP contribution in [0.2, 0.25) is 0 Å². The van der Waals surface area contributed by atoms with Crippen molar-refractivity contribution in [2.75, 3.05) is 7.11 Å². The molecule has 0 heterocycles. The smallest absolute Gasteiger partial charge is 0.364 e. The standard InChI is InChI=1S/C12H17NO3/c1-7-4-9(5-8(2)11(7)14)6-10(13)12(15)16-3/h4-5,10,14H,6,13H2,1-3H3/p+1. The number of phenols is 1. The summed E-state index contributed by atoms with van der Waals surface area (Å²) < 4.78 is 4.62. The van der Waals surface area contributed by atoms with Crippen molar-refractivity contribution >= 4 is 5.97 Å². The van der Waals surface area contributed by atoms with E-state index in [2.05, 4.69) is 10.5 Å². The maximum Gasteiger partial charge on any atom is 0.364 e. The topological polar surface area (TPSA) is 74.2 Å². The number of aromatic hydroxyl groups is 1. The summed E-state index contributed by atoms with van der Waals surface area (Å²) in [6.45, 7) is 3.67. The Morgan fingerprint density at radius 3 is 2.38 bits per heavy atom. The molecule has 0 fully saturated rings. The van der Waals surface area contributed by atoms with Gasteiger partial charge in [-0.05, 0) is 30.5 Å². The summed E-state index contributed by atoms with van der Waals surface area (Å²) in [4.78, 5) is 11.2. The van der Waals surface area contributed by atoms with Crippen LogP contribution in [0.5, 0.6) is 5.75 Å². The Kier molecular flexibility index (Phi) is 3.90. The third-order valence-corrected chi connectivity index (χ3v) is 2.57. The fraction of sp³-hybridized carbons (Fsp3) is 0.417. The lowest BCUT2D eigenvalue weighted by atomic mass is 10.0. The van der Waals surface area contributed by atoms with Crippen molar-refractivity contribution in [2.45, 2.75) is 26.3 Å². The molecule has 1 aromatic rings. The lowest BCUT2D eigenvalue weighted by Crippen LogP contribution is -2.66. The van der Waals surface area contributed by atoms with Crippen LogP contribution < -0.4 is 5.73 Å². The molecule has 1 aromatic carbocycles. The molecular weight excluding hydrogens is 206 g/mol. The number of hydrogen-bond acceptors (Lipinski definition) is 3. The molecule has 0 amide bonds. The molecule has 0 aliphatic rings. The first-order valence-corrected chi connectivity index (χ1v) is 5.15. The van der Waals surface area contributed by atoms with E-state index in [1.54, 1.807) is 0 Å². The van der Waals surface area contributed by atoms with Crippen LogP contribution in [0.1, 0.15) is 16.7 Å². The van der Waals surface area contributed by atoms with Crippen LogP contribution in [-0.4, -0.2) is 24.2 Å². The summed E-state index contributed by atoms with van der Waals surface area (Å²) in [7, 11) is 1.35. The van der Waals surface area contributed by atoms with Gasteiger partial charge in [-0.2, -0.15) is 0 Å². The zero-order chi connectivity index (χ0) is 12.3. The van der Waals surface area contributed by atoms with Gasteiger partial charge >= 0.3 is 5.97 Å². The van der Waals surface area contributed by atoms with Crippen LogP contribution in [0.15, 0.2) is 12.1 Å². The summed E-state index contributed by atoms with van der Waals surface area (Å²) in [5.41, 5.74) is 6.36. The molecule has 1 unspecified atom stereocenters. The minimum Gasteiger partial charge on any atom is -0.507 e. The molecule has 4 heteroatoms. The van der Waals surface area contributed by atoms with Crippen molar-refractivity contribution in [3.05, 3.63) is 28.8 Å². The van der Waals surface area contributed by atoms with Crippen LogP contribution in [0.4, 0.5) is 0 Å². The Labute approximate surface area is 95.0 Å². The number of benzene rings is 1. The van der Waals surface area contributed by atoms with Crippen LogP contribution in [-0.2, 0) is 16.0 Å². The van der Waals surface area contributed by atoms with Crippen molar-refractivity contribution in [3.63, 3.8) is 0 Å². The molecule has 0 bridgehead atoms. The number of rotatable bonds is 3. The molecule has 1 atom stereocenters. The van der Waals surface area contributed by atoms with Gasteiger partial charge < -0.3 is 15.6 Å². The van der Waals surface area contributed by atoms with Gasteiger partial charge in [0.15, 0.2) is 6.04 Å². The van der Waals surface area contributed by atoms with Crippen LogP contribution in [0.25, 0.3) is 0 Å². The molecule has 1 rings (SSSR count). The van der Waals surface area contributed by atoms with Crippen LogP contribution in [0, 0.1) is 13.8 Å². The molecular formula is C12H18NO3+. The zero-order valence-corrected chi connectivity index (χ0v) is 9.91. The lowest BCUT2D eigenvalue weighted by Gasteiger charge is -2.09. The largest absolute Gasteiger partial charge is 0.507 e. The summed E-state index contributed by atoms with van der Waals surface area (Å²) in [6.07, 6.45) is 0.522. The van der Waals surface area contributed by atoms with E-state index < -0.39 is 6.04 Å². The highest BCUT2D eigenvalue weighted by Crippen LogP contribution is 2.23. The van der Waals surface area contributed by atoms with Crippen LogP contribution >= 0.6 is 0 Å². The van der Waals surface area contributed by atoms with E-state index in [0.717, 1.165) is 16.7 Å². The number of aryl methyl sites for hydroxylation is 2. The molecule has 0 saturated carbocycles. The first-order valence-electron chi connectivity index (χ1n) is 5.15. The first kappa shape index (κ1) is 12.5. The van der Waals surface area contributed by atoms with Crippen molar-refractivity contribution < 1.29 is 20.4 Å². The first-order chi connectivity index (χ1) is 7.45. The van der Waals surface area contributed by atoms with E-state index in [-0.39, 0.29) is 5.97 Å². The third-order valence-electron chi connectivity index (χ3n) is 2.57. The number of esters is 1. The van der Waals surface area contributed by atoms with E-state index in [4.69, 9.17) is 0 Å². The number of methoxy groups -OCH3 is 1. The average molecular weight is 224 g/mol. The predicted octanol–water partition coefficient (Wildman–Crippen LogP) is 0.335. The van der Waals surface area contributed by atoms with E-state index in [1.807, 2.05) is 26.0 Å². The van der Waals surface area contributed by atoms with Gasteiger partial charge in [-0.25, -0.2) is 4.79 Å². The monoisotopic (exact) mass is 224 g/mol. The summed E-state index contributed by atoms with van der Waals surface area (Å²) in [5.74, 6) is -0.00851. The van der Waals surface area contributed by atoms with Gasteiger partial charge in [-0.3, -0.25) is 0 Å². The zero-order valence-electron chi connectivity index (χ0n) is 9.91. The highest BCUT2D eigenvalue weighted by Gasteiger charge is 2.18. The highest BCUT2D eigenvalue weighted by molar-refractivity contribution is 5.74. The van der Waals surface area contributed by atoms with Gasteiger partial charge in [-0.15, -0.1) is 0 Å². The fourth-order valence-corrected chi connectivity index (χ4v) is 1.70. The number of hydrogen-bond donors (Lipinski definition) is 2. The van der Waals surface area contributed by atoms with Crippen molar-refractivity contribution in [1.82, 2.24) is 0 Å². The van der Waals surface area contributed by atoms with Gasteiger partial charge in [0.05, 0.1) is 7.11 Å². The summed E-state index contributed by atoms with van der Waals surface area (Å²) >= 11 is 0. The molecule has 0 aromatic heterocycles. The van der Waals surface area contributed by atoms with E-state index in [0.29, 0.717) is 12.2 Å². The molecule has 16 heavy (non-hydrogen) atoms. The molecule has 4 nitrogen and oxygen atoms in total. The Morgan fingerprint density at radius 2 is 1.94 bits per heavy atom. The van der Waals surface area contributed by atoms with Crippen molar-refractivity contribution in [3.8, 4) is 5.75 Å². The SMILES string of the molecule is COC(=O)C([NH3+])Cc1cc(C)c(O)c(C)c1. The second-order valence-electron chi connectivity index (χ2n) is 4.00. The molecule has 0 saturated heterocycles. The number of phenolic OH excluding ortho intramolecular Hbond substituents is 1. The second-order valence-corrected chi connectivity index (χ2v) is 4.00. The van der Waals surface area contributed by atoms with Gasteiger partial charge in [0, 0.05) is 6.42 Å². The van der Waals surface area contributed by atoms with Gasteiger partial charge in [-0.1, -0.05) is 12.1 Å². The van der Waals surface area contributed by atoms with Gasteiger partial charge in [0.1, 0.15) is 5.75 Å². The van der Waals surface area contributed by atoms with Crippen LogP contribution in [0.3, 0.4) is 0 Å². The van der Waals surface area contributed by atoms with E-state index in [1.165, 1.54) is 7.11 Å². The van der Waals surface area contributed by atoms with E-state index >= 15 is 0 Å². The second kappa shape index (κ2) is 4.99. The van der Waals surface area contributed by atoms with Gasteiger partial charge in [0.25, 0.3) is 0 Å². The number of carbonyl (C=O) groups excluding carboxylic acids is 1. The minimum atomic E-state index is -0.409. The molecule has 0 spiro atoms. The molecule has 0 aliphatic heterocycles. The maximum atomic E-state index is 11.2. The normalized spacial score (nSPS) is 12.2.